The van der Waals surface area contributed by atoms with Crippen LogP contribution in [0.1, 0.15) is 29.8 Å². The minimum absolute atomic E-state index is 0.137. The molecule has 1 aliphatic rings. The van der Waals surface area contributed by atoms with E-state index in [1.807, 2.05) is 6.92 Å². The molecule has 1 aromatic rings. The Labute approximate surface area is 112 Å². The van der Waals surface area contributed by atoms with Crippen LogP contribution in [0.15, 0.2) is 12.7 Å². The second-order valence-electron chi connectivity index (χ2n) is 4.47. The number of amides is 1. The lowest BCUT2D eigenvalue weighted by molar-refractivity contribution is -0.116. The van der Waals surface area contributed by atoms with Gasteiger partial charge in [0.15, 0.2) is 5.13 Å². The first-order chi connectivity index (χ1) is 8.70. The third kappa shape index (κ3) is 3.10. The lowest BCUT2D eigenvalue weighted by atomic mass is 10.1. The molecule has 18 heavy (non-hydrogen) atoms. The molecular formula is C13H19N3OS. The summed E-state index contributed by atoms with van der Waals surface area (Å²) in [6, 6.07) is 0. The Morgan fingerprint density at radius 2 is 2.22 bits per heavy atom. The van der Waals surface area contributed by atoms with E-state index in [0.717, 1.165) is 28.8 Å². The van der Waals surface area contributed by atoms with E-state index in [4.69, 9.17) is 0 Å². The predicted octanol–water partition coefficient (Wildman–Crippen LogP) is 2.24. The van der Waals surface area contributed by atoms with Crippen LogP contribution in [0.4, 0.5) is 5.13 Å². The number of carbonyl (C=O) groups excluding carboxylic acids is 1. The number of hydrogen-bond donors (Lipinski definition) is 1. The minimum atomic E-state index is -0.137. The number of nitrogens with one attached hydrogen (secondary N) is 1. The fraction of sp³-hybridized carbons (Fsp3) is 0.538. The first-order valence-electron chi connectivity index (χ1n) is 6.32. The summed E-state index contributed by atoms with van der Waals surface area (Å²) in [5.41, 5.74) is 1.02. The van der Waals surface area contributed by atoms with Gasteiger partial charge < -0.3 is 10.2 Å². The summed E-state index contributed by atoms with van der Waals surface area (Å²) >= 11 is 1.68. The zero-order valence-electron chi connectivity index (χ0n) is 10.7. The van der Waals surface area contributed by atoms with E-state index in [9.17, 15) is 4.79 Å². The van der Waals surface area contributed by atoms with E-state index >= 15 is 0 Å². The van der Waals surface area contributed by atoms with Crippen LogP contribution in [-0.2, 0) is 11.3 Å². The molecule has 1 aromatic heterocycles. The normalized spacial score (nSPS) is 15.5. The van der Waals surface area contributed by atoms with Gasteiger partial charge in [-0.1, -0.05) is 17.9 Å². The largest absolute Gasteiger partial charge is 0.348 e. The predicted molar refractivity (Wildman–Crippen MR) is 75.0 cm³/mol. The van der Waals surface area contributed by atoms with Crippen molar-refractivity contribution >= 4 is 22.4 Å². The van der Waals surface area contributed by atoms with Gasteiger partial charge in [-0.05, 0) is 32.3 Å². The molecule has 0 atom stereocenters. The zero-order valence-corrected chi connectivity index (χ0v) is 11.6. The molecule has 5 heteroatoms. The Morgan fingerprint density at radius 3 is 2.89 bits per heavy atom. The van der Waals surface area contributed by atoms with Crippen LogP contribution in [0.5, 0.6) is 0 Å². The molecule has 2 rings (SSSR count). The summed E-state index contributed by atoms with van der Waals surface area (Å²) in [6.45, 7) is 8.19. The molecule has 1 aliphatic heterocycles. The van der Waals surface area contributed by atoms with Crippen molar-refractivity contribution in [2.75, 3.05) is 18.0 Å². The Hall–Kier alpha value is -1.36. The summed E-state index contributed by atoms with van der Waals surface area (Å²) in [4.78, 5) is 19.2. The van der Waals surface area contributed by atoms with Crippen molar-refractivity contribution in [1.29, 1.82) is 0 Å². The highest BCUT2D eigenvalue weighted by molar-refractivity contribution is 7.15. The highest BCUT2D eigenvalue weighted by Gasteiger charge is 2.16. The third-order valence-corrected chi connectivity index (χ3v) is 4.33. The van der Waals surface area contributed by atoms with Gasteiger partial charge in [-0.3, -0.25) is 4.79 Å². The van der Waals surface area contributed by atoms with Crippen LogP contribution in [0.3, 0.4) is 0 Å². The SMILES string of the molecule is C=CC(=O)NCc1sc(N2CCCCC2)nc1C. The van der Waals surface area contributed by atoms with Gasteiger partial charge in [-0.15, -0.1) is 0 Å². The maximum atomic E-state index is 11.1. The van der Waals surface area contributed by atoms with Crippen LogP contribution < -0.4 is 10.2 Å². The summed E-state index contributed by atoms with van der Waals surface area (Å²) < 4.78 is 0. The molecule has 1 amide bonds. The zero-order chi connectivity index (χ0) is 13.0. The maximum Gasteiger partial charge on any atom is 0.243 e. The molecule has 0 aliphatic carbocycles. The quantitative estimate of drug-likeness (QED) is 0.849. The van der Waals surface area contributed by atoms with E-state index in [1.165, 1.54) is 25.3 Å². The highest BCUT2D eigenvalue weighted by Crippen LogP contribution is 2.28. The van der Waals surface area contributed by atoms with Crippen LogP contribution >= 0.6 is 11.3 Å². The average molecular weight is 265 g/mol. The van der Waals surface area contributed by atoms with Crippen molar-refractivity contribution in [1.82, 2.24) is 10.3 Å². The van der Waals surface area contributed by atoms with E-state index in [2.05, 4.69) is 21.8 Å². The second kappa shape index (κ2) is 6.00. The number of carbonyl (C=O) groups is 1. The summed E-state index contributed by atoms with van der Waals surface area (Å²) in [5, 5.41) is 3.89. The van der Waals surface area contributed by atoms with Gasteiger partial charge >= 0.3 is 0 Å². The van der Waals surface area contributed by atoms with E-state index in [1.54, 1.807) is 11.3 Å². The molecule has 98 valence electrons. The summed E-state index contributed by atoms with van der Waals surface area (Å²) in [7, 11) is 0. The smallest absolute Gasteiger partial charge is 0.243 e. The van der Waals surface area contributed by atoms with Gasteiger partial charge in [0.05, 0.1) is 12.2 Å². The van der Waals surface area contributed by atoms with Crippen LogP contribution in [-0.4, -0.2) is 24.0 Å². The number of nitrogens with zero attached hydrogens (tertiary/aromatic N) is 2. The molecule has 1 N–H and O–H groups in total. The van der Waals surface area contributed by atoms with Gasteiger partial charge in [0.25, 0.3) is 0 Å². The first-order valence-corrected chi connectivity index (χ1v) is 7.14. The molecule has 4 nitrogen and oxygen atoms in total. The standard InChI is InChI=1S/C13H19N3OS/c1-3-12(17)14-9-11-10(2)15-13(18-11)16-7-5-4-6-8-16/h3H,1,4-9H2,2H3,(H,14,17). The van der Waals surface area contributed by atoms with Crippen molar-refractivity contribution in [2.45, 2.75) is 32.7 Å². The monoisotopic (exact) mass is 265 g/mol. The van der Waals surface area contributed by atoms with Gasteiger partial charge in [0.1, 0.15) is 0 Å². The summed E-state index contributed by atoms with van der Waals surface area (Å²) in [5.74, 6) is -0.137. The average Bonchev–Trinajstić information content (AvgIpc) is 2.78. The lowest BCUT2D eigenvalue weighted by Crippen LogP contribution is -2.29. The molecule has 0 unspecified atom stereocenters. The molecule has 0 bridgehead atoms. The molecule has 1 saturated heterocycles. The Bertz CT molecular complexity index is 435. The van der Waals surface area contributed by atoms with Gasteiger partial charge in [0.2, 0.25) is 5.91 Å². The number of hydrogen-bond acceptors (Lipinski definition) is 4. The molecule has 0 aromatic carbocycles. The molecule has 0 spiro atoms. The van der Waals surface area contributed by atoms with Gasteiger partial charge in [0, 0.05) is 18.0 Å². The summed E-state index contributed by atoms with van der Waals surface area (Å²) in [6.07, 6.45) is 5.12. The number of thiazole rings is 1. The van der Waals surface area contributed by atoms with E-state index < -0.39 is 0 Å². The van der Waals surface area contributed by atoms with Crippen LogP contribution in [0.25, 0.3) is 0 Å². The Morgan fingerprint density at radius 1 is 1.50 bits per heavy atom. The highest BCUT2D eigenvalue weighted by atomic mass is 32.1. The molecule has 0 saturated carbocycles. The Kier molecular flexibility index (Phi) is 4.36. The van der Waals surface area contributed by atoms with Crippen molar-refractivity contribution in [3.8, 4) is 0 Å². The fourth-order valence-corrected chi connectivity index (χ4v) is 3.09. The van der Waals surface area contributed by atoms with Crippen LogP contribution in [0.2, 0.25) is 0 Å². The number of aromatic nitrogens is 1. The van der Waals surface area contributed by atoms with Gasteiger partial charge in [-0.25, -0.2) is 4.98 Å². The van der Waals surface area contributed by atoms with Crippen molar-refractivity contribution in [2.24, 2.45) is 0 Å². The second-order valence-corrected chi connectivity index (χ2v) is 5.54. The first kappa shape index (κ1) is 13.1. The fourth-order valence-electron chi connectivity index (χ4n) is 2.04. The molecular weight excluding hydrogens is 246 g/mol. The van der Waals surface area contributed by atoms with E-state index in [0.29, 0.717) is 6.54 Å². The molecule has 0 radical (unpaired) electrons. The number of aryl methyl sites for hydroxylation is 1. The van der Waals surface area contributed by atoms with Gasteiger partial charge in [-0.2, -0.15) is 0 Å². The number of anilines is 1. The van der Waals surface area contributed by atoms with Crippen LogP contribution in [0, 0.1) is 6.92 Å². The molecule has 1 fully saturated rings. The topological polar surface area (TPSA) is 45.2 Å². The van der Waals surface area contributed by atoms with Crippen molar-refractivity contribution in [3.63, 3.8) is 0 Å². The number of piperidine rings is 1. The van der Waals surface area contributed by atoms with E-state index in [-0.39, 0.29) is 5.91 Å². The van der Waals surface area contributed by atoms with Crippen molar-refractivity contribution < 1.29 is 4.79 Å². The van der Waals surface area contributed by atoms with Crippen molar-refractivity contribution in [3.05, 3.63) is 23.2 Å². The lowest BCUT2D eigenvalue weighted by Gasteiger charge is -2.25. The number of rotatable bonds is 4. The maximum absolute atomic E-state index is 11.1. The Balaban J connectivity index is 2.01. The molecule has 2 heterocycles. The minimum Gasteiger partial charge on any atom is -0.348 e. The third-order valence-electron chi connectivity index (χ3n) is 3.12.